The highest BCUT2D eigenvalue weighted by Crippen LogP contribution is 2.24. The van der Waals surface area contributed by atoms with Gasteiger partial charge in [0, 0.05) is 57.2 Å². The van der Waals surface area contributed by atoms with Crippen LogP contribution in [0.25, 0.3) is 0 Å². The summed E-state index contributed by atoms with van der Waals surface area (Å²) in [6.45, 7) is 8.19. The zero-order chi connectivity index (χ0) is 20.8. The smallest absolute Gasteiger partial charge is 0.190 e. The van der Waals surface area contributed by atoms with Crippen molar-refractivity contribution in [2.45, 2.75) is 33.2 Å². The van der Waals surface area contributed by atoms with E-state index in [1.807, 2.05) is 11.6 Å². The third-order valence-electron chi connectivity index (χ3n) is 5.28. The zero-order valence-electron chi connectivity index (χ0n) is 17.4. The number of hydrogen-bond acceptors (Lipinski definition) is 3. The van der Waals surface area contributed by atoms with E-state index in [0.29, 0.717) is 5.92 Å². The van der Waals surface area contributed by atoms with Crippen LogP contribution in [-0.4, -0.2) is 49.0 Å². The first kappa shape index (κ1) is 21.1. The van der Waals surface area contributed by atoms with Crippen LogP contribution >= 0.6 is 0 Å². The maximum atomic E-state index is 13.5. The fraction of sp³-hybridized carbons (Fsp3) is 0.524. The van der Waals surface area contributed by atoms with Gasteiger partial charge in [-0.05, 0) is 50.8 Å². The van der Waals surface area contributed by atoms with Gasteiger partial charge in [-0.15, -0.1) is 0 Å². The minimum absolute atomic E-state index is 0.427. The number of benzene rings is 1. The molecule has 8 heteroatoms. The van der Waals surface area contributed by atoms with Crippen molar-refractivity contribution < 1.29 is 8.78 Å². The predicted octanol–water partition coefficient (Wildman–Crippen LogP) is 2.86. The number of aromatic nitrogens is 2. The fourth-order valence-corrected chi connectivity index (χ4v) is 3.71. The summed E-state index contributed by atoms with van der Waals surface area (Å²) in [5.41, 5.74) is 2.96. The number of hydrogen-bond donors (Lipinski definition) is 2. The molecule has 0 amide bonds. The molecule has 29 heavy (non-hydrogen) atoms. The molecule has 1 fully saturated rings. The summed E-state index contributed by atoms with van der Waals surface area (Å²) in [5.74, 6) is -0.394. The monoisotopic (exact) mass is 404 g/mol. The van der Waals surface area contributed by atoms with E-state index in [4.69, 9.17) is 0 Å². The Balaban J connectivity index is 1.38. The van der Waals surface area contributed by atoms with Gasteiger partial charge >= 0.3 is 0 Å². The molecule has 2 aromatic rings. The van der Waals surface area contributed by atoms with Gasteiger partial charge in [-0.2, -0.15) is 5.10 Å². The first-order valence-electron chi connectivity index (χ1n) is 10.1. The van der Waals surface area contributed by atoms with E-state index in [1.54, 1.807) is 13.1 Å². The highest BCUT2D eigenvalue weighted by atomic mass is 19.2. The lowest BCUT2D eigenvalue weighted by molar-refractivity contribution is 0.508. The van der Waals surface area contributed by atoms with E-state index in [9.17, 15) is 8.78 Å². The lowest BCUT2D eigenvalue weighted by atomic mass is 10.1. The Bertz CT molecular complexity index is 848. The first-order chi connectivity index (χ1) is 14.0. The molecule has 1 aromatic heterocycles. The molecule has 0 spiro atoms. The molecule has 1 atom stereocenters. The molecule has 0 saturated carbocycles. The number of halogens is 2. The molecule has 1 saturated heterocycles. The lowest BCUT2D eigenvalue weighted by Crippen LogP contribution is -2.40. The molecule has 2 heterocycles. The van der Waals surface area contributed by atoms with Gasteiger partial charge in [0.1, 0.15) is 0 Å². The topological polar surface area (TPSA) is 57.5 Å². The van der Waals surface area contributed by atoms with Crippen molar-refractivity contribution in [1.29, 1.82) is 0 Å². The molecule has 158 valence electrons. The normalized spacial score (nSPS) is 17.1. The maximum Gasteiger partial charge on any atom is 0.190 e. The molecule has 3 rings (SSSR count). The van der Waals surface area contributed by atoms with Crippen LogP contribution in [0.4, 0.5) is 14.5 Å². The molecule has 1 aliphatic heterocycles. The molecule has 1 aliphatic rings. The minimum Gasteiger partial charge on any atom is -0.371 e. The number of rotatable bonds is 7. The molecule has 2 N–H and O–H groups in total. The maximum absolute atomic E-state index is 13.5. The Morgan fingerprint density at radius 1 is 1.21 bits per heavy atom. The number of nitrogens with one attached hydrogen (secondary N) is 2. The molecule has 0 bridgehead atoms. The minimum atomic E-state index is -0.807. The molecular weight excluding hydrogens is 374 g/mol. The van der Waals surface area contributed by atoms with Gasteiger partial charge in [0.25, 0.3) is 0 Å². The van der Waals surface area contributed by atoms with Gasteiger partial charge in [0.05, 0.1) is 5.69 Å². The second kappa shape index (κ2) is 9.71. The van der Waals surface area contributed by atoms with Crippen molar-refractivity contribution in [3.05, 3.63) is 47.3 Å². The van der Waals surface area contributed by atoms with Crippen molar-refractivity contribution in [2.75, 3.05) is 38.1 Å². The summed E-state index contributed by atoms with van der Waals surface area (Å²) < 4.78 is 28.6. The Labute approximate surface area is 171 Å². The van der Waals surface area contributed by atoms with Gasteiger partial charge in [0.2, 0.25) is 0 Å². The van der Waals surface area contributed by atoms with Gasteiger partial charge < -0.3 is 15.5 Å². The number of guanidine groups is 1. The van der Waals surface area contributed by atoms with Gasteiger partial charge in [-0.1, -0.05) is 0 Å². The van der Waals surface area contributed by atoms with Crippen molar-refractivity contribution in [3.8, 4) is 0 Å². The Morgan fingerprint density at radius 2 is 2.03 bits per heavy atom. The number of aryl methyl sites for hydroxylation is 3. The van der Waals surface area contributed by atoms with Crippen LogP contribution in [0.3, 0.4) is 0 Å². The van der Waals surface area contributed by atoms with Crippen molar-refractivity contribution in [1.82, 2.24) is 20.4 Å². The average molecular weight is 405 g/mol. The molecule has 1 aromatic carbocycles. The van der Waals surface area contributed by atoms with Crippen molar-refractivity contribution >= 4 is 11.6 Å². The van der Waals surface area contributed by atoms with Crippen LogP contribution < -0.4 is 15.5 Å². The van der Waals surface area contributed by atoms with Crippen molar-refractivity contribution in [2.24, 2.45) is 10.9 Å². The Morgan fingerprint density at radius 3 is 2.72 bits per heavy atom. The predicted molar refractivity (Wildman–Crippen MR) is 112 cm³/mol. The quantitative estimate of drug-likeness (QED) is 0.423. The van der Waals surface area contributed by atoms with Crippen LogP contribution in [0.5, 0.6) is 0 Å². The Kier molecular flexibility index (Phi) is 7.06. The van der Waals surface area contributed by atoms with Gasteiger partial charge in [-0.25, -0.2) is 8.78 Å². The number of aliphatic imine (C=N–C) groups is 1. The summed E-state index contributed by atoms with van der Waals surface area (Å²) >= 11 is 0. The standard InChI is InChI=1S/C21H30F2N6/c1-15-11-16(2)29(27-15)9-4-8-25-21(24-3)26-13-17-7-10-28(14-17)18-5-6-19(22)20(23)12-18/h5-6,11-12,17H,4,7-10,13-14H2,1-3H3,(H2,24,25,26). The highest BCUT2D eigenvalue weighted by Gasteiger charge is 2.23. The van der Waals surface area contributed by atoms with Gasteiger partial charge in [0.15, 0.2) is 17.6 Å². The summed E-state index contributed by atoms with van der Waals surface area (Å²) in [4.78, 5) is 6.38. The van der Waals surface area contributed by atoms with Crippen LogP contribution in [0.1, 0.15) is 24.2 Å². The summed E-state index contributed by atoms with van der Waals surface area (Å²) in [6.07, 6.45) is 1.96. The van der Waals surface area contributed by atoms with E-state index in [1.165, 1.54) is 17.8 Å². The lowest BCUT2D eigenvalue weighted by Gasteiger charge is -2.19. The van der Waals surface area contributed by atoms with E-state index < -0.39 is 11.6 Å². The fourth-order valence-electron chi connectivity index (χ4n) is 3.71. The third kappa shape index (κ3) is 5.68. The summed E-state index contributed by atoms with van der Waals surface area (Å²) in [5, 5.41) is 11.2. The molecule has 0 radical (unpaired) electrons. The summed E-state index contributed by atoms with van der Waals surface area (Å²) in [6, 6.07) is 6.18. The third-order valence-corrected chi connectivity index (χ3v) is 5.28. The molecule has 6 nitrogen and oxygen atoms in total. The van der Waals surface area contributed by atoms with Gasteiger partial charge in [-0.3, -0.25) is 9.67 Å². The average Bonchev–Trinajstić information content (AvgIpc) is 3.29. The van der Waals surface area contributed by atoms with Crippen molar-refractivity contribution in [3.63, 3.8) is 0 Å². The van der Waals surface area contributed by atoms with E-state index in [0.717, 1.165) is 62.9 Å². The molecule has 1 unspecified atom stereocenters. The summed E-state index contributed by atoms with van der Waals surface area (Å²) in [7, 11) is 1.76. The van der Waals surface area contributed by atoms with Crippen LogP contribution in [0, 0.1) is 31.4 Å². The number of anilines is 1. The van der Waals surface area contributed by atoms with E-state index in [-0.39, 0.29) is 0 Å². The largest absolute Gasteiger partial charge is 0.371 e. The Hall–Kier alpha value is -2.64. The van der Waals surface area contributed by atoms with Crippen LogP contribution in [0.2, 0.25) is 0 Å². The zero-order valence-corrected chi connectivity index (χ0v) is 17.4. The SMILES string of the molecule is CN=C(NCCCn1nc(C)cc1C)NCC1CCN(c2ccc(F)c(F)c2)C1. The second-order valence-electron chi connectivity index (χ2n) is 7.58. The van der Waals surface area contributed by atoms with Crippen LogP contribution in [0.15, 0.2) is 29.3 Å². The molecule has 0 aliphatic carbocycles. The first-order valence-corrected chi connectivity index (χ1v) is 10.1. The van der Waals surface area contributed by atoms with E-state index in [2.05, 4.69) is 38.6 Å². The second-order valence-corrected chi connectivity index (χ2v) is 7.58. The number of nitrogens with zero attached hydrogens (tertiary/aromatic N) is 4. The molecular formula is C21H30F2N6. The van der Waals surface area contributed by atoms with Crippen LogP contribution in [-0.2, 0) is 6.54 Å². The van der Waals surface area contributed by atoms with E-state index >= 15 is 0 Å². The highest BCUT2D eigenvalue weighted by molar-refractivity contribution is 5.79.